The predicted molar refractivity (Wildman–Crippen MR) is 59.6 cm³/mol. The minimum Gasteiger partial charge on any atom is -0.465 e. The molecule has 1 aliphatic rings. The Labute approximate surface area is 90.0 Å². The van der Waals surface area contributed by atoms with Crippen molar-refractivity contribution in [2.75, 3.05) is 19.4 Å². The molecule has 0 aromatic rings. The Kier molecular flexibility index (Phi) is 5.33. The maximum absolute atomic E-state index is 11.1. The zero-order chi connectivity index (χ0) is 10.4. The summed E-state index contributed by atoms with van der Waals surface area (Å²) >= 11 is 1.92. The van der Waals surface area contributed by atoms with Crippen molar-refractivity contribution in [3.8, 4) is 0 Å². The van der Waals surface area contributed by atoms with Gasteiger partial charge in [-0.2, -0.15) is 11.8 Å². The second kappa shape index (κ2) is 6.30. The molecule has 0 radical (unpaired) electrons. The predicted octanol–water partition coefficient (Wildman–Crippen LogP) is 1.42. The van der Waals surface area contributed by atoms with Crippen LogP contribution in [0.3, 0.4) is 0 Å². The molecule has 0 amide bonds. The van der Waals surface area contributed by atoms with Gasteiger partial charge in [-0.3, -0.25) is 4.79 Å². The highest BCUT2D eigenvalue weighted by molar-refractivity contribution is 7.99. The van der Waals surface area contributed by atoms with E-state index >= 15 is 0 Å². The summed E-state index contributed by atoms with van der Waals surface area (Å²) in [5, 5.41) is 4.02. The van der Waals surface area contributed by atoms with E-state index < -0.39 is 0 Å². The maximum atomic E-state index is 11.1. The average Bonchev–Trinajstić information content (AvgIpc) is 2.63. The standard InChI is InChI=1S/C10H19NO2S/c1-3-13-10(12)7-11-8-4-5-9(6-8)14-2/h8-9,11H,3-7H2,1-2H3. The highest BCUT2D eigenvalue weighted by Gasteiger charge is 2.23. The number of hydrogen-bond donors (Lipinski definition) is 1. The molecule has 0 bridgehead atoms. The van der Waals surface area contributed by atoms with E-state index in [1.807, 2.05) is 18.7 Å². The van der Waals surface area contributed by atoms with Crippen molar-refractivity contribution in [1.29, 1.82) is 0 Å². The molecular formula is C10H19NO2S. The molecule has 0 saturated heterocycles. The Hall–Kier alpha value is -0.220. The van der Waals surface area contributed by atoms with Crippen LogP contribution in [-0.4, -0.2) is 36.7 Å². The maximum Gasteiger partial charge on any atom is 0.319 e. The fourth-order valence-corrected chi connectivity index (χ4v) is 2.58. The van der Waals surface area contributed by atoms with Crippen LogP contribution in [-0.2, 0) is 9.53 Å². The molecule has 1 saturated carbocycles. The van der Waals surface area contributed by atoms with E-state index in [0.29, 0.717) is 19.2 Å². The van der Waals surface area contributed by atoms with Crippen LogP contribution < -0.4 is 5.32 Å². The van der Waals surface area contributed by atoms with Crippen molar-refractivity contribution in [2.45, 2.75) is 37.5 Å². The average molecular weight is 217 g/mol. The number of carbonyl (C=O) groups is 1. The number of nitrogens with one attached hydrogen (secondary N) is 1. The molecule has 1 rings (SSSR count). The van der Waals surface area contributed by atoms with Crippen LogP contribution in [0.2, 0.25) is 0 Å². The third-order valence-electron chi connectivity index (χ3n) is 2.56. The van der Waals surface area contributed by atoms with Gasteiger partial charge in [-0.15, -0.1) is 0 Å². The number of esters is 1. The van der Waals surface area contributed by atoms with Crippen LogP contribution in [0.4, 0.5) is 0 Å². The third kappa shape index (κ3) is 3.88. The third-order valence-corrected chi connectivity index (χ3v) is 3.65. The minimum absolute atomic E-state index is 0.139. The number of rotatable bonds is 5. The van der Waals surface area contributed by atoms with Gasteiger partial charge in [0.1, 0.15) is 0 Å². The second-order valence-corrected chi connectivity index (χ2v) is 4.69. The quantitative estimate of drug-likeness (QED) is 0.707. The fraction of sp³-hybridized carbons (Fsp3) is 0.900. The van der Waals surface area contributed by atoms with Crippen LogP contribution in [0.15, 0.2) is 0 Å². The largest absolute Gasteiger partial charge is 0.465 e. The molecule has 0 spiro atoms. The topological polar surface area (TPSA) is 38.3 Å². The molecule has 1 N–H and O–H groups in total. The Bertz CT molecular complexity index is 187. The molecule has 3 nitrogen and oxygen atoms in total. The smallest absolute Gasteiger partial charge is 0.319 e. The Balaban J connectivity index is 2.11. The van der Waals surface area contributed by atoms with E-state index in [4.69, 9.17) is 4.74 Å². The number of carbonyl (C=O) groups excluding carboxylic acids is 1. The van der Waals surface area contributed by atoms with Crippen LogP contribution in [0.1, 0.15) is 26.2 Å². The van der Waals surface area contributed by atoms with Crippen molar-refractivity contribution in [3.63, 3.8) is 0 Å². The molecule has 2 unspecified atom stereocenters. The molecule has 0 heterocycles. The fourth-order valence-electron chi connectivity index (χ4n) is 1.78. The first kappa shape index (κ1) is 11.9. The minimum atomic E-state index is -0.139. The van der Waals surface area contributed by atoms with Crippen LogP contribution >= 0.6 is 11.8 Å². The molecule has 82 valence electrons. The first-order valence-corrected chi connectivity index (χ1v) is 6.46. The molecule has 1 aliphatic carbocycles. The van der Waals surface area contributed by atoms with Crippen molar-refractivity contribution < 1.29 is 9.53 Å². The molecule has 0 aromatic carbocycles. The van der Waals surface area contributed by atoms with Gasteiger partial charge in [-0.25, -0.2) is 0 Å². The molecule has 2 atom stereocenters. The van der Waals surface area contributed by atoms with Crippen LogP contribution in [0.5, 0.6) is 0 Å². The number of ether oxygens (including phenoxy) is 1. The first-order chi connectivity index (χ1) is 6.76. The summed E-state index contributed by atoms with van der Waals surface area (Å²) in [6, 6.07) is 0.511. The second-order valence-electron chi connectivity index (χ2n) is 3.55. The van der Waals surface area contributed by atoms with Gasteiger partial charge < -0.3 is 10.1 Å². The lowest BCUT2D eigenvalue weighted by Crippen LogP contribution is -2.32. The molecule has 14 heavy (non-hydrogen) atoms. The Morgan fingerprint density at radius 1 is 1.57 bits per heavy atom. The lowest BCUT2D eigenvalue weighted by molar-refractivity contribution is -0.142. The Morgan fingerprint density at radius 2 is 2.36 bits per heavy atom. The van der Waals surface area contributed by atoms with Crippen molar-refractivity contribution in [1.82, 2.24) is 5.32 Å². The monoisotopic (exact) mass is 217 g/mol. The SMILES string of the molecule is CCOC(=O)CNC1CCC(SC)C1. The first-order valence-electron chi connectivity index (χ1n) is 5.18. The number of hydrogen-bond acceptors (Lipinski definition) is 4. The molecule has 0 aromatic heterocycles. The summed E-state index contributed by atoms with van der Waals surface area (Å²) in [4.78, 5) is 11.1. The summed E-state index contributed by atoms with van der Waals surface area (Å²) in [5.74, 6) is -0.139. The van der Waals surface area contributed by atoms with E-state index in [2.05, 4.69) is 11.6 Å². The van der Waals surface area contributed by atoms with Gasteiger partial charge in [0.2, 0.25) is 0 Å². The molecule has 0 aliphatic heterocycles. The van der Waals surface area contributed by atoms with Gasteiger partial charge in [0.05, 0.1) is 13.2 Å². The van der Waals surface area contributed by atoms with Crippen LogP contribution in [0, 0.1) is 0 Å². The number of thioether (sulfide) groups is 1. The van der Waals surface area contributed by atoms with Gasteiger partial charge in [0.15, 0.2) is 0 Å². The summed E-state index contributed by atoms with van der Waals surface area (Å²) < 4.78 is 4.85. The molecule has 4 heteroatoms. The van der Waals surface area contributed by atoms with Gasteiger partial charge in [-0.05, 0) is 32.4 Å². The zero-order valence-electron chi connectivity index (χ0n) is 8.91. The molecular weight excluding hydrogens is 198 g/mol. The van der Waals surface area contributed by atoms with E-state index in [0.717, 1.165) is 5.25 Å². The zero-order valence-corrected chi connectivity index (χ0v) is 9.73. The summed E-state index contributed by atoms with van der Waals surface area (Å²) in [6.45, 7) is 2.66. The highest BCUT2D eigenvalue weighted by atomic mass is 32.2. The Morgan fingerprint density at radius 3 is 2.93 bits per heavy atom. The van der Waals surface area contributed by atoms with Gasteiger partial charge in [0, 0.05) is 11.3 Å². The van der Waals surface area contributed by atoms with Gasteiger partial charge in [0.25, 0.3) is 0 Å². The van der Waals surface area contributed by atoms with E-state index in [1.54, 1.807) is 0 Å². The van der Waals surface area contributed by atoms with Crippen molar-refractivity contribution in [2.24, 2.45) is 0 Å². The lowest BCUT2D eigenvalue weighted by Gasteiger charge is -2.11. The van der Waals surface area contributed by atoms with Crippen LogP contribution in [0.25, 0.3) is 0 Å². The van der Waals surface area contributed by atoms with Crippen molar-refractivity contribution >= 4 is 17.7 Å². The normalized spacial score (nSPS) is 26.4. The lowest BCUT2D eigenvalue weighted by atomic mass is 10.2. The van der Waals surface area contributed by atoms with E-state index in [-0.39, 0.29) is 5.97 Å². The summed E-state index contributed by atoms with van der Waals surface area (Å²) in [6.07, 6.45) is 5.78. The van der Waals surface area contributed by atoms with Gasteiger partial charge >= 0.3 is 5.97 Å². The summed E-state index contributed by atoms with van der Waals surface area (Å²) in [7, 11) is 0. The van der Waals surface area contributed by atoms with E-state index in [1.165, 1.54) is 19.3 Å². The van der Waals surface area contributed by atoms with E-state index in [9.17, 15) is 4.79 Å². The highest BCUT2D eigenvalue weighted by Crippen LogP contribution is 2.27. The van der Waals surface area contributed by atoms with Crippen molar-refractivity contribution in [3.05, 3.63) is 0 Å². The summed E-state index contributed by atoms with van der Waals surface area (Å²) in [5.41, 5.74) is 0. The molecule has 1 fully saturated rings. The van der Waals surface area contributed by atoms with Gasteiger partial charge in [-0.1, -0.05) is 0 Å².